The van der Waals surface area contributed by atoms with Crippen LogP contribution >= 0.6 is 23.2 Å². The number of aryl methyl sites for hydroxylation is 1. The van der Waals surface area contributed by atoms with Crippen molar-refractivity contribution in [2.45, 2.75) is 19.8 Å². The van der Waals surface area contributed by atoms with Crippen LogP contribution in [0, 0.1) is 6.92 Å². The minimum atomic E-state index is -0.294. The molecular weight excluding hydrogens is 437 g/mol. The third-order valence-corrected chi connectivity index (χ3v) is 5.94. The summed E-state index contributed by atoms with van der Waals surface area (Å²) in [5.74, 6) is 0.268. The molecule has 6 nitrogen and oxygen atoms in total. The standard InChI is InChI=1S/C23H23Cl2N3O3/c1-15-20(6-9-31-15)23(29)27-26-14-18-3-2-17(22(18)28-7-10-30-11-8-28)12-16-4-5-19(24)13-21(16)25/h4-6,9,12-14H,2-3,7-8,10-11H2,1H3,(H,27,29)/b17-12-,26-14+. The number of halogens is 2. The van der Waals surface area contributed by atoms with E-state index >= 15 is 0 Å². The Morgan fingerprint density at radius 2 is 2.00 bits per heavy atom. The van der Waals surface area contributed by atoms with E-state index in [1.165, 1.54) is 11.8 Å². The van der Waals surface area contributed by atoms with Crippen LogP contribution < -0.4 is 5.43 Å². The van der Waals surface area contributed by atoms with Gasteiger partial charge in [0.2, 0.25) is 0 Å². The van der Waals surface area contributed by atoms with E-state index in [4.69, 9.17) is 32.4 Å². The number of rotatable bonds is 5. The van der Waals surface area contributed by atoms with E-state index in [0.717, 1.165) is 42.8 Å². The number of ether oxygens (including phenoxy) is 1. The second-order valence-corrected chi connectivity index (χ2v) is 8.24. The SMILES string of the molecule is Cc1occc1C(=O)N/N=C/C1=C(N2CCOCC2)C(=C\c2ccc(Cl)cc2Cl)/CC1. The second-order valence-electron chi connectivity index (χ2n) is 7.40. The fourth-order valence-corrected chi connectivity index (χ4v) is 4.29. The molecule has 2 aromatic rings. The predicted octanol–water partition coefficient (Wildman–Crippen LogP) is 5.07. The third kappa shape index (κ3) is 5.03. The van der Waals surface area contributed by atoms with Crippen LogP contribution in [-0.4, -0.2) is 43.3 Å². The zero-order valence-corrected chi connectivity index (χ0v) is 18.7. The van der Waals surface area contributed by atoms with Gasteiger partial charge in [-0.25, -0.2) is 5.43 Å². The molecule has 1 fully saturated rings. The summed E-state index contributed by atoms with van der Waals surface area (Å²) in [6.07, 6.45) is 7.03. The molecule has 2 heterocycles. The predicted molar refractivity (Wildman–Crippen MR) is 122 cm³/mol. The summed E-state index contributed by atoms with van der Waals surface area (Å²) in [6, 6.07) is 7.14. The number of benzene rings is 1. The molecule has 0 radical (unpaired) electrons. The highest BCUT2D eigenvalue weighted by molar-refractivity contribution is 6.35. The largest absolute Gasteiger partial charge is 0.469 e. The van der Waals surface area contributed by atoms with Crippen molar-refractivity contribution in [3.05, 3.63) is 74.3 Å². The van der Waals surface area contributed by atoms with Gasteiger partial charge in [0.25, 0.3) is 5.91 Å². The molecule has 2 aliphatic rings. The smallest absolute Gasteiger partial charge is 0.274 e. The van der Waals surface area contributed by atoms with Crippen LogP contribution in [0.5, 0.6) is 0 Å². The van der Waals surface area contributed by atoms with Gasteiger partial charge in [0.15, 0.2) is 0 Å². The number of amides is 1. The molecule has 4 rings (SSSR count). The fourth-order valence-electron chi connectivity index (χ4n) is 3.83. The van der Waals surface area contributed by atoms with Gasteiger partial charge in [0.05, 0.1) is 31.3 Å². The first-order valence-corrected chi connectivity index (χ1v) is 10.9. The minimum absolute atomic E-state index is 0.294. The van der Waals surface area contributed by atoms with Crippen LogP contribution in [0.4, 0.5) is 0 Å². The molecule has 8 heteroatoms. The van der Waals surface area contributed by atoms with E-state index in [1.54, 1.807) is 25.3 Å². The molecule has 1 aliphatic carbocycles. The van der Waals surface area contributed by atoms with Gasteiger partial charge in [-0.3, -0.25) is 4.79 Å². The van der Waals surface area contributed by atoms with Crippen LogP contribution in [0.3, 0.4) is 0 Å². The normalized spacial score (nSPS) is 18.4. The highest BCUT2D eigenvalue weighted by Crippen LogP contribution is 2.36. The van der Waals surface area contributed by atoms with Crippen molar-refractivity contribution in [3.63, 3.8) is 0 Å². The highest BCUT2D eigenvalue weighted by Gasteiger charge is 2.25. The molecule has 1 aromatic heterocycles. The summed E-state index contributed by atoms with van der Waals surface area (Å²) in [5.41, 5.74) is 7.38. The quantitative estimate of drug-likeness (QED) is 0.500. The van der Waals surface area contributed by atoms with E-state index in [1.807, 2.05) is 12.1 Å². The van der Waals surface area contributed by atoms with Crippen molar-refractivity contribution in [3.8, 4) is 0 Å². The molecule has 1 saturated heterocycles. The molecular formula is C23H23Cl2N3O3. The summed E-state index contributed by atoms with van der Waals surface area (Å²) in [7, 11) is 0. The van der Waals surface area contributed by atoms with E-state index in [9.17, 15) is 4.79 Å². The van der Waals surface area contributed by atoms with Gasteiger partial charge in [-0.05, 0) is 60.8 Å². The number of nitrogens with one attached hydrogen (secondary N) is 1. The maximum atomic E-state index is 12.3. The first-order chi connectivity index (χ1) is 15.0. The number of nitrogens with zero attached hydrogens (tertiary/aromatic N) is 2. The zero-order chi connectivity index (χ0) is 21.8. The molecule has 0 saturated carbocycles. The van der Waals surface area contributed by atoms with E-state index in [-0.39, 0.29) is 5.91 Å². The van der Waals surface area contributed by atoms with Crippen molar-refractivity contribution in [2.24, 2.45) is 5.10 Å². The van der Waals surface area contributed by atoms with Gasteiger partial charge >= 0.3 is 0 Å². The van der Waals surface area contributed by atoms with Gasteiger partial charge in [-0.2, -0.15) is 5.10 Å². The summed E-state index contributed by atoms with van der Waals surface area (Å²) >= 11 is 12.4. The minimum Gasteiger partial charge on any atom is -0.469 e. The Labute approximate surface area is 191 Å². The number of carbonyl (C=O) groups excluding carboxylic acids is 1. The van der Waals surface area contributed by atoms with Crippen LogP contribution in [0.1, 0.15) is 34.5 Å². The molecule has 0 spiro atoms. The molecule has 1 N–H and O–H groups in total. The molecule has 1 aromatic carbocycles. The van der Waals surface area contributed by atoms with Crippen molar-refractivity contribution < 1.29 is 13.9 Å². The van der Waals surface area contributed by atoms with Crippen LogP contribution in [0.25, 0.3) is 6.08 Å². The summed E-state index contributed by atoms with van der Waals surface area (Å²) in [4.78, 5) is 14.6. The molecule has 0 atom stereocenters. The number of morpholine rings is 1. The number of hydrogen-bond donors (Lipinski definition) is 1. The van der Waals surface area contributed by atoms with Gasteiger partial charge in [-0.15, -0.1) is 0 Å². The van der Waals surface area contributed by atoms with Crippen LogP contribution in [-0.2, 0) is 4.74 Å². The number of allylic oxidation sites excluding steroid dienone is 2. The van der Waals surface area contributed by atoms with Gasteiger partial charge in [0.1, 0.15) is 5.76 Å². The second kappa shape index (κ2) is 9.73. The monoisotopic (exact) mass is 459 g/mol. The molecule has 0 bridgehead atoms. The van der Waals surface area contributed by atoms with Gasteiger partial charge in [-0.1, -0.05) is 29.3 Å². The van der Waals surface area contributed by atoms with Crippen molar-refractivity contribution in [1.29, 1.82) is 0 Å². The summed E-state index contributed by atoms with van der Waals surface area (Å²) in [6.45, 7) is 4.71. The maximum Gasteiger partial charge on any atom is 0.274 e. The zero-order valence-electron chi connectivity index (χ0n) is 17.2. The highest BCUT2D eigenvalue weighted by atomic mass is 35.5. The van der Waals surface area contributed by atoms with Gasteiger partial charge in [0, 0.05) is 28.8 Å². The topological polar surface area (TPSA) is 67.1 Å². The fraction of sp³-hybridized carbons (Fsp3) is 0.304. The maximum absolute atomic E-state index is 12.3. The molecule has 0 unspecified atom stereocenters. The van der Waals surface area contributed by atoms with Crippen molar-refractivity contribution >= 4 is 41.4 Å². The number of hydrazone groups is 1. The van der Waals surface area contributed by atoms with E-state index < -0.39 is 0 Å². The van der Waals surface area contributed by atoms with Gasteiger partial charge < -0.3 is 14.1 Å². The Morgan fingerprint density at radius 3 is 2.71 bits per heavy atom. The van der Waals surface area contributed by atoms with E-state index in [0.29, 0.717) is 34.6 Å². The van der Waals surface area contributed by atoms with E-state index in [2.05, 4.69) is 21.5 Å². The number of hydrogen-bond acceptors (Lipinski definition) is 5. The molecule has 1 amide bonds. The Balaban J connectivity index is 1.60. The number of carbonyl (C=O) groups is 1. The lowest BCUT2D eigenvalue weighted by Gasteiger charge is -2.31. The Hall–Kier alpha value is -2.54. The first-order valence-electron chi connectivity index (χ1n) is 10.1. The van der Waals surface area contributed by atoms with Crippen LogP contribution in [0.15, 0.2) is 56.9 Å². The molecule has 1 aliphatic heterocycles. The first kappa shape index (κ1) is 21.7. The lowest BCUT2D eigenvalue weighted by atomic mass is 10.1. The van der Waals surface area contributed by atoms with Crippen molar-refractivity contribution in [1.82, 2.24) is 10.3 Å². The lowest BCUT2D eigenvalue weighted by molar-refractivity contribution is 0.0548. The third-order valence-electron chi connectivity index (χ3n) is 5.38. The average molecular weight is 460 g/mol. The van der Waals surface area contributed by atoms with Crippen LogP contribution in [0.2, 0.25) is 10.0 Å². The number of furan rings is 1. The Kier molecular flexibility index (Phi) is 6.80. The van der Waals surface area contributed by atoms with Crippen molar-refractivity contribution in [2.75, 3.05) is 26.3 Å². The molecule has 31 heavy (non-hydrogen) atoms. The summed E-state index contributed by atoms with van der Waals surface area (Å²) < 4.78 is 10.7. The Bertz CT molecular complexity index is 1070. The average Bonchev–Trinajstić information content (AvgIpc) is 3.37. The summed E-state index contributed by atoms with van der Waals surface area (Å²) in [5, 5.41) is 5.44. The Morgan fingerprint density at radius 1 is 1.19 bits per heavy atom. The lowest BCUT2D eigenvalue weighted by Crippen LogP contribution is -2.36. The molecule has 162 valence electrons.